The van der Waals surface area contributed by atoms with Gasteiger partial charge in [0.05, 0.1) is 5.75 Å². The molecule has 1 N–H and O–H groups in total. The lowest BCUT2D eigenvalue weighted by Crippen LogP contribution is -2.24. The first-order valence-corrected chi connectivity index (χ1v) is 10.1. The van der Waals surface area contributed by atoms with Crippen LogP contribution in [0.15, 0.2) is 54.6 Å². The molecule has 0 aliphatic carbocycles. The number of thioether (sulfide) groups is 1. The molecule has 0 atom stereocenters. The Morgan fingerprint density at radius 1 is 0.920 bits per heavy atom. The lowest BCUT2D eigenvalue weighted by Gasteiger charge is -2.14. The molecule has 132 valence electrons. The molecule has 1 saturated heterocycles. The SMILES string of the molecule is O=C(CSCc1ccccc1)NCc1ccc(CN2CCCC2)cc1. The third-order valence-electron chi connectivity index (χ3n) is 4.46. The maximum atomic E-state index is 12.0. The molecule has 0 radical (unpaired) electrons. The molecule has 0 aromatic heterocycles. The van der Waals surface area contributed by atoms with E-state index in [0.717, 1.165) is 17.9 Å². The van der Waals surface area contributed by atoms with Gasteiger partial charge in [-0.25, -0.2) is 0 Å². The maximum Gasteiger partial charge on any atom is 0.230 e. The number of nitrogens with one attached hydrogen (secondary N) is 1. The van der Waals surface area contributed by atoms with Gasteiger partial charge in [-0.05, 0) is 42.6 Å². The second-order valence-corrected chi connectivity index (χ2v) is 7.54. The lowest BCUT2D eigenvalue weighted by molar-refractivity contribution is -0.118. The van der Waals surface area contributed by atoms with E-state index in [-0.39, 0.29) is 5.91 Å². The molecule has 0 saturated carbocycles. The van der Waals surface area contributed by atoms with Crippen molar-refractivity contribution < 1.29 is 4.79 Å². The number of rotatable bonds is 8. The molecule has 2 aromatic rings. The van der Waals surface area contributed by atoms with Crippen LogP contribution in [0.5, 0.6) is 0 Å². The Bertz CT molecular complexity index is 651. The molecule has 3 rings (SSSR count). The molecule has 4 heteroatoms. The molecular weight excluding hydrogens is 328 g/mol. The van der Waals surface area contributed by atoms with E-state index in [4.69, 9.17) is 0 Å². The van der Waals surface area contributed by atoms with Crippen molar-refractivity contribution in [1.29, 1.82) is 0 Å². The largest absolute Gasteiger partial charge is 0.351 e. The van der Waals surface area contributed by atoms with Gasteiger partial charge in [-0.1, -0.05) is 54.6 Å². The van der Waals surface area contributed by atoms with Crippen LogP contribution in [-0.2, 0) is 23.6 Å². The first-order valence-electron chi connectivity index (χ1n) is 8.98. The highest BCUT2D eigenvalue weighted by molar-refractivity contribution is 7.99. The Hall–Kier alpha value is -1.78. The van der Waals surface area contributed by atoms with Crippen LogP contribution < -0.4 is 5.32 Å². The Kier molecular flexibility index (Phi) is 6.95. The number of amides is 1. The predicted octanol–water partition coefficient (Wildman–Crippen LogP) is 3.83. The number of benzene rings is 2. The smallest absolute Gasteiger partial charge is 0.230 e. The van der Waals surface area contributed by atoms with Gasteiger partial charge in [0.15, 0.2) is 0 Å². The van der Waals surface area contributed by atoms with Gasteiger partial charge in [0.2, 0.25) is 5.91 Å². The second-order valence-electron chi connectivity index (χ2n) is 6.55. The normalized spacial score (nSPS) is 14.6. The quantitative estimate of drug-likeness (QED) is 0.782. The lowest BCUT2D eigenvalue weighted by atomic mass is 10.1. The Balaban J connectivity index is 1.35. The first-order chi connectivity index (χ1) is 12.3. The molecule has 1 aliphatic rings. The van der Waals surface area contributed by atoms with E-state index >= 15 is 0 Å². The zero-order chi connectivity index (χ0) is 17.3. The zero-order valence-corrected chi connectivity index (χ0v) is 15.4. The first kappa shape index (κ1) is 18.0. The topological polar surface area (TPSA) is 32.3 Å². The summed E-state index contributed by atoms with van der Waals surface area (Å²) in [5, 5.41) is 3.01. The summed E-state index contributed by atoms with van der Waals surface area (Å²) in [6, 6.07) is 18.9. The number of nitrogens with zero attached hydrogens (tertiary/aromatic N) is 1. The highest BCUT2D eigenvalue weighted by atomic mass is 32.2. The fraction of sp³-hybridized carbons (Fsp3) is 0.381. The Labute approximate surface area is 154 Å². The second kappa shape index (κ2) is 9.64. The number of hydrogen-bond donors (Lipinski definition) is 1. The monoisotopic (exact) mass is 354 g/mol. The highest BCUT2D eigenvalue weighted by Gasteiger charge is 2.11. The van der Waals surface area contributed by atoms with E-state index in [1.807, 2.05) is 18.2 Å². The minimum Gasteiger partial charge on any atom is -0.351 e. The van der Waals surface area contributed by atoms with Gasteiger partial charge in [-0.2, -0.15) is 0 Å². The van der Waals surface area contributed by atoms with E-state index in [9.17, 15) is 4.79 Å². The van der Waals surface area contributed by atoms with E-state index in [0.29, 0.717) is 12.3 Å². The van der Waals surface area contributed by atoms with Gasteiger partial charge in [0.25, 0.3) is 0 Å². The molecule has 1 fully saturated rings. The van der Waals surface area contributed by atoms with Crippen molar-refractivity contribution >= 4 is 17.7 Å². The van der Waals surface area contributed by atoms with Gasteiger partial charge in [0, 0.05) is 18.8 Å². The molecule has 1 aliphatic heterocycles. The zero-order valence-electron chi connectivity index (χ0n) is 14.6. The third kappa shape index (κ3) is 6.22. The van der Waals surface area contributed by atoms with Crippen LogP contribution in [-0.4, -0.2) is 29.6 Å². The molecule has 0 bridgehead atoms. The molecular formula is C21H26N2OS. The minimum absolute atomic E-state index is 0.0991. The third-order valence-corrected chi connectivity index (χ3v) is 5.47. The van der Waals surface area contributed by atoms with Crippen LogP contribution in [0.25, 0.3) is 0 Å². The fourth-order valence-corrected chi connectivity index (χ4v) is 3.87. The summed E-state index contributed by atoms with van der Waals surface area (Å²) in [6.45, 7) is 4.09. The molecule has 1 heterocycles. The molecule has 2 aromatic carbocycles. The van der Waals surface area contributed by atoms with Crippen molar-refractivity contribution in [2.75, 3.05) is 18.8 Å². The summed E-state index contributed by atoms with van der Waals surface area (Å²) in [7, 11) is 0. The van der Waals surface area contributed by atoms with Gasteiger partial charge < -0.3 is 5.32 Å². The van der Waals surface area contributed by atoms with E-state index in [1.165, 1.54) is 37.1 Å². The number of hydrogen-bond acceptors (Lipinski definition) is 3. The van der Waals surface area contributed by atoms with E-state index < -0.39 is 0 Å². The van der Waals surface area contributed by atoms with Crippen LogP contribution in [0, 0.1) is 0 Å². The van der Waals surface area contributed by atoms with Crippen molar-refractivity contribution in [3.63, 3.8) is 0 Å². The van der Waals surface area contributed by atoms with Crippen molar-refractivity contribution in [2.24, 2.45) is 0 Å². The summed E-state index contributed by atoms with van der Waals surface area (Å²) >= 11 is 1.65. The fourth-order valence-electron chi connectivity index (χ4n) is 3.05. The van der Waals surface area contributed by atoms with Gasteiger partial charge >= 0.3 is 0 Å². The Morgan fingerprint density at radius 3 is 2.32 bits per heavy atom. The average molecular weight is 355 g/mol. The summed E-state index contributed by atoms with van der Waals surface area (Å²) in [6.07, 6.45) is 2.65. The standard InChI is InChI=1S/C21H26N2OS/c24-21(17-25-16-20-6-2-1-3-7-20)22-14-18-8-10-19(11-9-18)15-23-12-4-5-13-23/h1-3,6-11H,4-5,12-17H2,(H,22,24). The number of likely N-dealkylation sites (tertiary alicyclic amines) is 1. The highest BCUT2D eigenvalue weighted by Crippen LogP contribution is 2.14. The van der Waals surface area contributed by atoms with E-state index in [2.05, 4.69) is 46.6 Å². The van der Waals surface area contributed by atoms with Crippen molar-refractivity contribution in [3.8, 4) is 0 Å². The molecule has 1 amide bonds. The predicted molar refractivity (Wildman–Crippen MR) is 105 cm³/mol. The van der Waals surface area contributed by atoms with Gasteiger partial charge in [-0.3, -0.25) is 9.69 Å². The number of carbonyl (C=O) groups is 1. The molecule has 0 spiro atoms. The number of carbonyl (C=O) groups excluding carboxylic acids is 1. The van der Waals surface area contributed by atoms with Crippen molar-refractivity contribution in [3.05, 3.63) is 71.3 Å². The summed E-state index contributed by atoms with van der Waals surface area (Å²) < 4.78 is 0. The summed E-state index contributed by atoms with van der Waals surface area (Å²) in [5.74, 6) is 1.48. The van der Waals surface area contributed by atoms with Gasteiger partial charge in [0.1, 0.15) is 0 Å². The summed E-state index contributed by atoms with van der Waals surface area (Å²) in [4.78, 5) is 14.5. The van der Waals surface area contributed by atoms with Gasteiger partial charge in [-0.15, -0.1) is 11.8 Å². The van der Waals surface area contributed by atoms with Crippen molar-refractivity contribution in [1.82, 2.24) is 10.2 Å². The molecule has 0 unspecified atom stereocenters. The Morgan fingerprint density at radius 2 is 1.60 bits per heavy atom. The van der Waals surface area contributed by atoms with Crippen molar-refractivity contribution in [2.45, 2.75) is 31.7 Å². The van der Waals surface area contributed by atoms with Crippen LogP contribution in [0.4, 0.5) is 0 Å². The molecule has 3 nitrogen and oxygen atoms in total. The van der Waals surface area contributed by atoms with Crippen LogP contribution in [0.2, 0.25) is 0 Å². The van der Waals surface area contributed by atoms with E-state index in [1.54, 1.807) is 11.8 Å². The van der Waals surface area contributed by atoms with Crippen LogP contribution in [0.3, 0.4) is 0 Å². The summed E-state index contributed by atoms with van der Waals surface area (Å²) in [5.41, 5.74) is 3.77. The molecule has 25 heavy (non-hydrogen) atoms. The average Bonchev–Trinajstić information content (AvgIpc) is 3.15. The van der Waals surface area contributed by atoms with Crippen LogP contribution in [0.1, 0.15) is 29.5 Å². The minimum atomic E-state index is 0.0991. The van der Waals surface area contributed by atoms with Crippen LogP contribution >= 0.6 is 11.8 Å². The maximum absolute atomic E-state index is 12.0.